The first-order valence-electron chi connectivity index (χ1n) is 7.65. The van der Waals surface area contributed by atoms with Crippen LogP contribution in [0.3, 0.4) is 0 Å². The van der Waals surface area contributed by atoms with Gasteiger partial charge in [0.1, 0.15) is 17.8 Å². The maximum absolute atomic E-state index is 12.1. The molecule has 0 aromatic heterocycles. The highest BCUT2D eigenvalue weighted by molar-refractivity contribution is 5.97. The first-order valence-corrected chi connectivity index (χ1v) is 7.65. The van der Waals surface area contributed by atoms with Crippen LogP contribution in [0, 0.1) is 11.3 Å². The van der Waals surface area contributed by atoms with E-state index in [4.69, 9.17) is 9.47 Å². The summed E-state index contributed by atoms with van der Waals surface area (Å²) in [5.41, 5.74) is -0.961. The van der Waals surface area contributed by atoms with E-state index in [-0.39, 0.29) is 30.8 Å². The van der Waals surface area contributed by atoms with Gasteiger partial charge in [-0.05, 0) is 39.5 Å². The van der Waals surface area contributed by atoms with E-state index in [1.165, 1.54) is 0 Å². The van der Waals surface area contributed by atoms with Crippen LogP contribution in [-0.4, -0.2) is 36.1 Å². The largest absolute Gasteiger partial charge is 0.466 e. The van der Waals surface area contributed by atoms with Crippen LogP contribution in [0.1, 0.15) is 54.4 Å². The van der Waals surface area contributed by atoms with Crippen molar-refractivity contribution in [3.05, 3.63) is 0 Å². The Bertz CT molecular complexity index is 450. The van der Waals surface area contributed by atoms with Gasteiger partial charge in [0.05, 0.1) is 6.61 Å². The fourth-order valence-electron chi connectivity index (χ4n) is 2.64. The smallest absolute Gasteiger partial charge is 0.407 e. The van der Waals surface area contributed by atoms with Crippen molar-refractivity contribution in [1.82, 2.24) is 5.32 Å². The molecule has 1 fully saturated rings. The van der Waals surface area contributed by atoms with E-state index in [0.717, 1.165) is 0 Å². The standard InChI is InChI=1S/C16H27NO5/c1-7-21-13(19)9-11(18)10-8-12(16(10,5)6)17-14(20)22-15(2,3)4/h10,12H,7-9H2,1-6H3,(H,17,20). The monoisotopic (exact) mass is 313 g/mol. The number of Topliss-reactive ketones (excluding diaryl/α,β-unsaturated/α-hetero) is 1. The third-order valence-corrected chi connectivity index (χ3v) is 3.97. The second-order valence-corrected chi connectivity index (χ2v) is 7.26. The average molecular weight is 313 g/mol. The Morgan fingerprint density at radius 1 is 1.23 bits per heavy atom. The quantitative estimate of drug-likeness (QED) is 0.623. The molecule has 1 saturated carbocycles. The lowest BCUT2D eigenvalue weighted by atomic mass is 9.57. The fraction of sp³-hybridized carbons (Fsp3) is 0.812. The normalized spacial score (nSPS) is 23.2. The van der Waals surface area contributed by atoms with Crippen molar-refractivity contribution in [1.29, 1.82) is 0 Å². The third-order valence-electron chi connectivity index (χ3n) is 3.97. The van der Waals surface area contributed by atoms with Crippen molar-refractivity contribution in [2.24, 2.45) is 11.3 Å². The van der Waals surface area contributed by atoms with Gasteiger partial charge in [-0.2, -0.15) is 0 Å². The Balaban J connectivity index is 2.53. The van der Waals surface area contributed by atoms with Crippen molar-refractivity contribution < 1.29 is 23.9 Å². The molecule has 22 heavy (non-hydrogen) atoms. The molecule has 1 amide bonds. The van der Waals surface area contributed by atoms with Gasteiger partial charge < -0.3 is 14.8 Å². The Kier molecular flexibility index (Phi) is 5.59. The molecule has 0 heterocycles. The van der Waals surface area contributed by atoms with E-state index < -0.39 is 23.1 Å². The molecule has 126 valence electrons. The predicted octanol–water partition coefficient (Wildman–Crippen LogP) is 2.45. The second kappa shape index (κ2) is 6.67. The van der Waals surface area contributed by atoms with Crippen molar-refractivity contribution in [2.45, 2.75) is 66.0 Å². The third kappa shape index (κ3) is 4.71. The first kappa shape index (κ1) is 18.5. The number of rotatable bonds is 5. The highest BCUT2D eigenvalue weighted by atomic mass is 16.6. The van der Waals surface area contributed by atoms with Crippen LogP contribution >= 0.6 is 0 Å². The van der Waals surface area contributed by atoms with Crippen molar-refractivity contribution in [3.63, 3.8) is 0 Å². The van der Waals surface area contributed by atoms with E-state index >= 15 is 0 Å². The summed E-state index contributed by atoms with van der Waals surface area (Å²) in [5.74, 6) is -0.880. The zero-order valence-corrected chi connectivity index (χ0v) is 14.3. The summed E-state index contributed by atoms with van der Waals surface area (Å²) in [5, 5.41) is 2.80. The Morgan fingerprint density at radius 2 is 1.82 bits per heavy atom. The Labute approximate surface area is 131 Å². The zero-order chi connectivity index (χ0) is 17.1. The molecule has 0 saturated heterocycles. The fourth-order valence-corrected chi connectivity index (χ4v) is 2.64. The molecule has 0 radical (unpaired) electrons. The number of alkyl carbamates (subject to hydrolysis) is 1. The maximum atomic E-state index is 12.1. The van der Waals surface area contributed by atoms with Crippen molar-refractivity contribution in [3.8, 4) is 0 Å². The SMILES string of the molecule is CCOC(=O)CC(=O)C1CC(NC(=O)OC(C)(C)C)C1(C)C. The van der Waals surface area contributed by atoms with Gasteiger partial charge in [-0.1, -0.05) is 13.8 Å². The number of carbonyl (C=O) groups is 3. The number of ether oxygens (including phenoxy) is 2. The summed E-state index contributed by atoms with van der Waals surface area (Å²) in [7, 11) is 0. The second-order valence-electron chi connectivity index (χ2n) is 7.26. The Hall–Kier alpha value is -1.59. The summed E-state index contributed by atoms with van der Waals surface area (Å²) in [6.45, 7) is 11.2. The van der Waals surface area contributed by atoms with Gasteiger partial charge in [-0.25, -0.2) is 4.79 Å². The average Bonchev–Trinajstić information content (AvgIpc) is 2.31. The summed E-state index contributed by atoms with van der Waals surface area (Å²) < 4.78 is 10.0. The number of amides is 1. The van der Waals surface area contributed by atoms with Gasteiger partial charge in [0.15, 0.2) is 0 Å². The van der Waals surface area contributed by atoms with Crippen molar-refractivity contribution >= 4 is 17.8 Å². The lowest BCUT2D eigenvalue weighted by Gasteiger charge is -2.51. The summed E-state index contributed by atoms with van der Waals surface area (Å²) in [6, 6.07) is -0.140. The molecule has 0 bridgehead atoms. The summed E-state index contributed by atoms with van der Waals surface area (Å²) in [6.07, 6.45) is -0.173. The van der Waals surface area contributed by atoms with Crippen LogP contribution in [0.15, 0.2) is 0 Å². The lowest BCUT2D eigenvalue weighted by Crippen LogP contribution is -2.61. The number of hydrogen-bond donors (Lipinski definition) is 1. The maximum Gasteiger partial charge on any atom is 0.407 e. The molecule has 2 unspecified atom stereocenters. The van der Waals surface area contributed by atoms with Gasteiger partial charge in [0.25, 0.3) is 0 Å². The van der Waals surface area contributed by atoms with Crippen LogP contribution in [0.25, 0.3) is 0 Å². The van der Waals surface area contributed by atoms with Crippen LogP contribution in [0.5, 0.6) is 0 Å². The molecule has 6 nitrogen and oxygen atoms in total. The van der Waals surface area contributed by atoms with Crippen LogP contribution < -0.4 is 5.32 Å². The molecule has 1 N–H and O–H groups in total. The van der Waals surface area contributed by atoms with E-state index in [2.05, 4.69) is 5.32 Å². The van der Waals surface area contributed by atoms with Gasteiger partial charge in [-0.15, -0.1) is 0 Å². The summed E-state index contributed by atoms with van der Waals surface area (Å²) in [4.78, 5) is 35.3. The van der Waals surface area contributed by atoms with Gasteiger partial charge >= 0.3 is 12.1 Å². The highest BCUT2D eigenvalue weighted by Gasteiger charge is 2.52. The minimum Gasteiger partial charge on any atom is -0.466 e. The van der Waals surface area contributed by atoms with Crippen LogP contribution in [0.2, 0.25) is 0 Å². The highest BCUT2D eigenvalue weighted by Crippen LogP contribution is 2.47. The van der Waals surface area contributed by atoms with Crippen LogP contribution in [0.4, 0.5) is 4.79 Å². The first-order chi connectivity index (χ1) is 9.97. The molecule has 1 aliphatic rings. The Morgan fingerprint density at radius 3 is 2.27 bits per heavy atom. The molecule has 0 aromatic rings. The van der Waals surface area contributed by atoms with E-state index in [9.17, 15) is 14.4 Å². The summed E-state index contributed by atoms with van der Waals surface area (Å²) >= 11 is 0. The zero-order valence-electron chi connectivity index (χ0n) is 14.3. The molecule has 2 atom stereocenters. The molecular formula is C16H27NO5. The van der Waals surface area contributed by atoms with Gasteiger partial charge in [0, 0.05) is 12.0 Å². The minimum atomic E-state index is -0.558. The molecule has 0 aromatic carbocycles. The number of esters is 1. The molecule has 0 spiro atoms. The molecule has 6 heteroatoms. The van der Waals surface area contributed by atoms with Gasteiger partial charge in [0.2, 0.25) is 0 Å². The van der Waals surface area contributed by atoms with Gasteiger partial charge in [-0.3, -0.25) is 9.59 Å². The van der Waals surface area contributed by atoms with Crippen molar-refractivity contribution in [2.75, 3.05) is 6.61 Å². The minimum absolute atomic E-state index is 0.134. The number of carbonyl (C=O) groups excluding carboxylic acids is 3. The van der Waals surface area contributed by atoms with E-state index in [1.54, 1.807) is 27.7 Å². The molecule has 1 aliphatic carbocycles. The lowest BCUT2D eigenvalue weighted by molar-refractivity contribution is -0.149. The topological polar surface area (TPSA) is 81.7 Å². The van der Waals surface area contributed by atoms with E-state index in [1.807, 2.05) is 13.8 Å². The molecule has 0 aliphatic heterocycles. The predicted molar refractivity (Wildman–Crippen MR) is 81.3 cm³/mol. The number of nitrogens with one attached hydrogen (secondary N) is 1. The number of hydrogen-bond acceptors (Lipinski definition) is 5. The molecular weight excluding hydrogens is 286 g/mol. The molecule has 1 rings (SSSR count). The van der Waals surface area contributed by atoms with Crippen LogP contribution in [-0.2, 0) is 19.1 Å². The van der Waals surface area contributed by atoms with E-state index in [0.29, 0.717) is 6.42 Å². The number of ketones is 1.